The first-order valence-corrected chi connectivity index (χ1v) is 7.40. The molecule has 0 saturated carbocycles. The Balaban J connectivity index is 2.08. The first kappa shape index (κ1) is 15.0. The topological polar surface area (TPSA) is 73.8 Å². The molecule has 3 N–H and O–H groups in total. The van der Waals surface area contributed by atoms with Crippen LogP contribution in [0.1, 0.15) is 19.4 Å². The summed E-state index contributed by atoms with van der Waals surface area (Å²) in [4.78, 5) is 0. The molecule has 0 spiro atoms. The lowest BCUT2D eigenvalue weighted by molar-refractivity contribution is 0.450. The molecule has 0 amide bonds. The molecule has 0 unspecified atom stereocenters. The maximum atomic E-state index is 10.1. The normalized spacial score (nSPS) is 11.8. The highest BCUT2D eigenvalue weighted by Gasteiger charge is 2.11. The van der Waals surface area contributed by atoms with Crippen molar-refractivity contribution in [1.82, 2.24) is 0 Å². The highest BCUT2D eigenvalue weighted by atomic mass is 16.3. The third-order valence-corrected chi connectivity index (χ3v) is 3.51. The molecule has 0 radical (unpaired) electrons. The quantitative estimate of drug-likeness (QED) is 0.644. The number of allylic oxidation sites excluding steroid dienone is 1. The minimum Gasteiger partial charge on any atom is -0.508 e. The fourth-order valence-electron chi connectivity index (χ4n) is 2.40. The van der Waals surface area contributed by atoms with Gasteiger partial charge in [-0.3, -0.25) is 0 Å². The van der Waals surface area contributed by atoms with Crippen LogP contribution < -0.4 is 0 Å². The molecule has 4 heteroatoms. The summed E-state index contributed by atoms with van der Waals surface area (Å²) in [5.74, 6) is 0.970. The van der Waals surface area contributed by atoms with Crippen molar-refractivity contribution in [2.75, 3.05) is 0 Å². The van der Waals surface area contributed by atoms with E-state index in [1.807, 2.05) is 24.3 Å². The van der Waals surface area contributed by atoms with Gasteiger partial charge in [0.1, 0.15) is 28.6 Å². The van der Waals surface area contributed by atoms with E-state index >= 15 is 0 Å². The average Bonchev–Trinajstić information content (AvgIpc) is 2.86. The van der Waals surface area contributed by atoms with Crippen molar-refractivity contribution in [3.8, 4) is 28.6 Å². The smallest absolute Gasteiger partial charge is 0.138 e. The molecule has 4 nitrogen and oxygen atoms in total. The van der Waals surface area contributed by atoms with E-state index < -0.39 is 0 Å². The number of phenolic OH excluding ortho intramolecular Hbond substituents is 3. The van der Waals surface area contributed by atoms with E-state index in [-0.39, 0.29) is 17.2 Å². The number of rotatable bonds is 3. The molecule has 0 aliphatic carbocycles. The third-order valence-electron chi connectivity index (χ3n) is 3.51. The summed E-state index contributed by atoms with van der Waals surface area (Å²) < 4.78 is 5.72. The van der Waals surface area contributed by atoms with Crippen molar-refractivity contribution in [1.29, 1.82) is 0 Å². The number of hydrogen-bond acceptors (Lipinski definition) is 4. The van der Waals surface area contributed by atoms with Crippen LogP contribution in [-0.2, 0) is 0 Å². The zero-order chi connectivity index (χ0) is 16.6. The van der Waals surface area contributed by atoms with Crippen LogP contribution in [0.3, 0.4) is 0 Å². The van der Waals surface area contributed by atoms with Crippen LogP contribution in [0.4, 0.5) is 0 Å². The van der Waals surface area contributed by atoms with Gasteiger partial charge >= 0.3 is 0 Å². The molecule has 23 heavy (non-hydrogen) atoms. The second-order valence-corrected chi connectivity index (χ2v) is 5.90. The summed E-state index contributed by atoms with van der Waals surface area (Å²) in [5.41, 5.74) is 1.83. The monoisotopic (exact) mass is 310 g/mol. The Morgan fingerprint density at radius 3 is 2.26 bits per heavy atom. The van der Waals surface area contributed by atoms with Crippen molar-refractivity contribution in [3.05, 3.63) is 48.0 Å². The Morgan fingerprint density at radius 2 is 1.61 bits per heavy atom. The van der Waals surface area contributed by atoms with Crippen LogP contribution in [0.2, 0.25) is 0 Å². The summed E-state index contributed by atoms with van der Waals surface area (Å²) in [6.07, 6.45) is 3.89. The molecule has 0 bridgehead atoms. The lowest BCUT2D eigenvalue weighted by Crippen LogP contribution is -1.79. The highest BCUT2D eigenvalue weighted by molar-refractivity contribution is 5.87. The number of benzene rings is 2. The number of hydrogen-bond donors (Lipinski definition) is 3. The first-order valence-electron chi connectivity index (χ1n) is 7.40. The molecule has 0 atom stereocenters. The van der Waals surface area contributed by atoms with E-state index in [9.17, 15) is 15.3 Å². The van der Waals surface area contributed by atoms with E-state index in [1.54, 1.807) is 6.07 Å². The number of phenols is 3. The van der Waals surface area contributed by atoms with Crippen molar-refractivity contribution in [2.24, 2.45) is 5.92 Å². The van der Waals surface area contributed by atoms with Crippen LogP contribution in [0.15, 0.2) is 46.9 Å². The van der Waals surface area contributed by atoms with E-state index in [0.29, 0.717) is 22.8 Å². The molecule has 1 heterocycles. The lowest BCUT2D eigenvalue weighted by Gasteiger charge is -2.00. The fraction of sp³-hybridized carbons (Fsp3) is 0.158. The maximum Gasteiger partial charge on any atom is 0.138 e. The Hall–Kier alpha value is -2.88. The van der Waals surface area contributed by atoms with Gasteiger partial charge in [-0.15, -0.1) is 0 Å². The summed E-state index contributed by atoms with van der Waals surface area (Å²) in [6.45, 7) is 4.13. The average molecular weight is 310 g/mol. The molecule has 0 saturated heterocycles. The maximum absolute atomic E-state index is 10.1. The fourth-order valence-corrected chi connectivity index (χ4v) is 2.40. The van der Waals surface area contributed by atoms with Gasteiger partial charge in [0.25, 0.3) is 0 Å². The van der Waals surface area contributed by atoms with Crippen molar-refractivity contribution < 1.29 is 19.7 Å². The van der Waals surface area contributed by atoms with Gasteiger partial charge in [0.05, 0.1) is 0 Å². The van der Waals surface area contributed by atoms with E-state index in [2.05, 4.69) is 13.8 Å². The van der Waals surface area contributed by atoms with Gasteiger partial charge in [0.15, 0.2) is 0 Å². The molecular weight excluding hydrogens is 292 g/mol. The van der Waals surface area contributed by atoms with Crippen LogP contribution in [-0.4, -0.2) is 15.3 Å². The predicted molar refractivity (Wildman–Crippen MR) is 90.5 cm³/mol. The zero-order valence-electron chi connectivity index (χ0n) is 12.9. The summed E-state index contributed by atoms with van der Waals surface area (Å²) in [6, 6.07) is 9.51. The number of furan rings is 1. The highest BCUT2D eigenvalue weighted by Crippen LogP contribution is 2.35. The Morgan fingerprint density at radius 1 is 0.913 bits per heavy atom. The summed E-state index contributed by atoms with van der Waals surface area (Å²) >= 11 is 0. The predicted octanol–water partition coefficient (Wildman–Crippen LogP) is 4.89. The second-order valence-electron chi connectivity index (χ2n) is 5.90. The molecule has 0 aliphatic rings. The zero-order valence-corrected chi connectivity index (χ0v) is 12.9. The van der Waals surface area contributed by atoms with Crippen LogP contribution in [0.25, 0.3) is 28.4 Å². The second kappa shape index (κ2) is 5.72. The van der Waals surface area contributed by atoms with Gasteiger partial charge in [0.2, 0.25) is 0 Å². The van der Waals surface area contributed by atoms with Crippen LogP contribution in [0.5, 0.6) is 17.2 Å². The molecule has 1 aromatic heterocycles. The number of fused-ring (bicyclic) bond motifs is 1. The van der Waals surface area contributed by atoms with Crippen LogP contribution >= 0.6 is 0 Å². The molecular formula is C19H18O4. The SMILES string of the molecule is CC(C)C=Cc1cc2cc(-c3cc(O)cc(O)c3)oc2cc1O. The minimum atomic E-state index is -0.0381. The largest absolute Gasteiger partial charge is 0.508 e. The molecule has 0 aliphatic heterocycles. The van der Waals surface area contributed by atoms with Gasteiger partial charge in [0, 0.05) is 28.6 Å². The third kappa shape index (κ3) is 3.16. The van der Waals surface area contributed by atoms with Gasteiger partial charge in [-0.05, 0) is 30.2 Å². The van der Waals surface area contributed by atoms with Crippen LogP contribution in [0, 0.1) is 5.92 Å². The molecule has 0 fully saturated rings. The summed E-state index contributed by atoms with van der Waals surface area (Å²) in [5, 5.41) is 30.1. The van der Waals surface area contributed by atoms with Gasteiger partial charge < -0.3 is 19.7 Å². The Bertz CT molecular complexity index is 868. The Labute approximate surface area is 133 Å². The summed E-state index contributed by atoms with van der Waals surface area (Å²) in [7, 11) is 0. The van der Waals surface area contributed by atoms with E-state index in [4.69, 9.17) is 4.42 Å². The van der Waals surface area contributed by atoms with E-state index in [1.165, 1.54) is 18.2 Å². The van der Waals surface area contributed by atoms with Crippen molar-refractivity contribution in [2.45, 2.75) is 13.8 Å². The number of aromatic hydroxyl groups is 3. The first-order chi connectivity index (χ1) is 10.9. The molecule has 3 rings (SSSR count). The van der Waals surface area contributed by atoms with Crippen molar-refractivity contribution >= 4 is 17.0 Å². The van der Waals surface area contributed by atoms with Gasteiger partial charge in [-0.2, -0.15) is 0 Å². The molecule has 118 valence electrons. The van der Waals surface area contributed by atoms with E-state index in [0.717, 1.165) is 10.9 Å². The molecule has 2 aromatic carbocycles. The standard InChI is InChI=1S/C19H18O4/c1-11(2)3-4-12-5-13-8-18(23-19(13)10-17(12)22)14-6-15(20)9-16(21)7-14/h3-11,20-22H,1-2H3. The minimum absolute atomic E-state index is 0.0381. The Kier molecular flexibility index (Phi) is 3.74. The van der Waals surface area contributed by atoms with Gasteiger partial charge in [-0.1, -0.05) is 26.0 Å². The molecule has 3 aromatic rings. The van der Waals surface area contributed by atoms with Crippen molar-refractivity contribution in [3.63, 3.8) is 0 Å². The lowest BCUT2D eigenvalue weighted by atomic mass is 10.1. The van der Waals surface area contributed by atoms with Gasteiger partial charge in [-0.25, -0.2) is 0 Å².